The van der Waals surface area contributed by atoms with Gasteiger partial charge in [-0.1, -0.05) is 23.3 Å². The smallest absolute Gasteiger partial charge is 0.164 e. The van der Waals surface area contributed by atoms with Gasteiger partial charge in [-0.25, -0.2) is 0 Å². The van der Waals surface area contributed by atoms with Crippen LogP contribution < -0.4 is 0 Å². The second kappa shape index (κ2) is 2.49. The molecule has 0 fully saturated rings. The lowest BCUT2D eigenvalue weighted by Crippen LogP contribution is -1.99. The summed E-state index contributed by atoms with van der Waals surface area (Å²) in [4.78, 5) is 11.2. The fourth-order valence-corrected chi connectivity index (χ4v) is 2.09. The molecule has 0 N–H and O–H groups in total. The van der Waals surface area contributed by atoms with Crippen LogP contribution >= 0.6 is 11.6 Å². The Morgan fingerprint density at radius 2 is 2.09 bits per heavy atom. The molecular formula is C9H9ClO. The van der Waals surface area contributed by atoms with Gasteiger partial charge in [0.25, 0.3) is 0 Å². The number of ketones is 1. The number of allylic oxidation sites excluding steroid dienone is 4. The molecule has 0 heterocycles. The van der Waals surface area contributed by atoms with E-state index < -0.39 is 0 Å². The number of halogens is 1. The van der Waals surface area contributed by atoms with E-state index >= 15 is 0 Å². The normalized spacial score (nSPS) is 23.7. The van der Waals surface area contributed by atoms with Gasteiger partial charge in [-0.15, -0.1) is 0 Å². The van der Waals surface area contributed by atoms with Crippen LogP contribution in [0.1, 0.15) is 25.7 Å². The monoisotopic (exact) mass is 168 g/mol. The third-order valence-electron chi connectivity index (χ3n) is 2.29. The number of carbonyl (C=O) groups is 1. The highest BCUT2D eigenvalue weighted by molar-refractivity contribution is 6.36. The van der Waals surface area contributed by atoms with E-state index in [1.54, 1.807) is 0 Å². The van der Waals surface area contributed by atoms with E-state index in [2.05, 4.69) is 0 Å². The van der Waals surface area contributed by atoms with Crippen molar-refractivity contribution in [1.82, 2.24) is 0 Å². The first-order valence-electron chi connectivity index (χ1n) is 3.90. The van der Waals surface area contributed by atoms with Crippen LogP contribution in [-0.2, 0) is 4.79 Å². The Hall–Kier alpha value is -0.560. The first-order valence-corrected chi connectivity index (χ1v) is 4.28. The molecule has 1 nitrogen and oxygen atoms in total. The Morgan fingerprint density at radius 3 is 2.82 bits per heavy atom. The maximum absolute atomic E-state index is 11.2. The molecule has 0 atom stereocenters. The standard InChI is InChI=1S/C9H9ClO/c10-7-3-1-2-6-4-5-8(11)9(6)7/h3H,1-2,4-5H2. The predicted octanol–water partition coefficient (Wildman–Crippen LogP) is 2.56. The zero-order chi connectivity index (χ0) is 7.84. The summed E-state index contributed by atoms with van der Waals surface area (Å²) in [5, 5.41) is 0.689. The topological polar surface area (TPSA) is 17.1 Å². The minimum absolute atomic E-state index is 0.237. The molecule has 0 aliphatic heterocycles. The Morgan fingerprint density at radius 1 is 1.27 bits per heavy atom. The molecule has 0 aromatic carbocycles. The number of hydrogen-bond acceptors (Lipinski definition) is 1. The summed E-state index contributed by atoms with van der Waals surface area (Å²) < 4.78 is 0. The van der Waals surface area contributed by atoms with E-state index in [0.717, 1.165) is 24.8 Å². The Labute approximate surface area is 70.7 Å². The molecule has 2 heteroatoms. The van der Waals surface area contributed by atoms with Crippen molar-refractivity contribution in [2.24, 2.45) is 0 Å². The zero-order valence-corrected chi connectivity index (χ0v) is 6.95. The van der Waals surface area contributed by atoms with E-state index in [-0.39, 0.29) is 5.78 Å². The number of hydrogen-bond donors (Lipinski definition) is 0. The third kappa shape index (κ3) is 1.04. The van der Waals surface area contributed by atoms with Gasteiger partial charge in [0, 0.05) is 17.0 Å². The Balaban J connectivity index is 2.44. The molecule has 0 amide bonds. The van der Waals surface area contributed by atoms with Crippen molar-refractivity contribution in [3.8, 4) is 0 Å². The molecule has 2 aliphatic carbocycles. The molecule has 0 aromatic heterocycles. The lowest BCUT2D eigenvalue weighted by Gasteiger charge is -2.09. The van der Waals surface area contributed by atoms with Gasteiger partial charge >= 0.3 is 0 Å². The van der Waals surface area contributed by atoms with Crippen LogP contribution in [0.5, 0.6) is 0 Å². The van der Waals surface area contributed by atoms with Gasteiger partial charge in [0.15, 0.2) is 5.78 Å². The average molecular weight is 169 g/mol. The number of Topliss-reactive ketones (excluding diaryl/α,β-unsaturated/α-hetero) is 1. The van der Waals surface area contributed by atoms with Crippen LogP contribution in [-0.4, -0.2) is 5.78 Å². The van der Waals surface area contributed by atoms with Gasteiger partial charge in [0.2, 0.25) is 0 Å². The Bertz CT molecular complexity index is 269. The number of rotatable bonds is 0. The third-order valence-corrected chi connectivity index (χ3v) is 2.64. The highest BCUT2D eigenvalue weighted by Gasteiger charge is 2.26. The average Bonchev–Trinajstić information content (AvgIpc) is 2.34. The van der Waals surface area contributed by atoms with E-state index in [9.17, 15) is 4.79 Å². The summed E-state index contributed by atoms with van der Waals surface area (Å²) >= 11 is 5.89. The van der Waals surface area contributed by atoms with Gasteiger partial charge in [-0.2, -0.15) is 0 Å². The lowest BCUT2D eigenvalue weighted by atomic mass is 10.00. The van der Waals surface area contributed by atoms with Crippen molar-refractivity contribution in [1.29, 1.82) is 0 Å². The van der Waals surface area contributed by atoms with Crippen LogP contribution in [0.25, 0.3) is 0 Å². The molecule has 0 aromatic rings. The van der Waals surface area contributed by atoms with Crippen LogP contribution in [0, 0.1) is 0 Å². The van der Waals surface area contributed by atoms with E-state index in [1.165, 1.54) is 5.57 Å². The van der Waals surface area contributed by atoms with E-state index in [4.69, 9.17) is 11.6 Å². The quantitative estimate of drug-likeness (QED) is 0.544. The fraction of sp³-hybridized carbons (Fsp3) is 0.444. The zero-order valence-electron chi connectivity index (χ0n) is 6.19. The minimum atomic E-state index is 0.237. The van der Waals surface area contributed by atoms with Crippen molar-refractivity contribution in [2.75, 3.05) is 0 Å². The van der Waals surface area contributed by atoms with Crippen molar-refractivity contribution >= 4 is 17.4 Å². The van der Waals surface area contributed by atoms with Crippen LogP contribution in [0.3, 0.4) is 0 Å². The summed E-state index contributed by atoms with van der Waals surface area (Å²) in [6.07, 6.45) is 5.61. The molecule has 0 radical (unpaired) electrons. The first kappa shape index (κ1) is 7.11. The molecule has 0 bridgehead atoms. The lowest BCUT2D eigenvalue weighted by molar-refractivity contribution is -0.114. The van der Waals surface area contributed by atoms with Crippen molar-refractivity contribution in [2.45, 2.75) is 25.7 Å². The van der Waals surface area contributed by atoms with Gasteiger partial charge in [0.05, 0.1) is 0 Å². The molecule has 58 valence electrons. The summed E-state index contributed by atoms with van der Waals surface area (Å²) in [5.74, 6) is 0.237. The van der Waals surface area contributed by atoms with Crippen LogP contribution in [0.4, 0.5) is 0 Å². The number of carbonyl (C=O) groups excluding carboxylic acids is 1. The van der Waals surface area contributed by atoms with Gasteiger partial charge in [-0.3, -0.25) is 4.79 Å². The fourth-order valence-electron chi connectivity index (χ4n) is 1.74. The molecule has 0 unspecified atom stereocenters. The van der Waals surface area contributed by atoms with Gasteiger partial charge in [-0.05, 0) is 19.3 Å². The van der Waals surface area contributed by atoms with Crippen molar-refractivity contribution in [3.05, 3.63) is 22.3 Å². The highest BCUT2D eigenvalue weighted by atomic mass is 35.5. The molecule has 2 aliphatic rings. The molecule has 11 heavy (non-hydrogen) atoms. The van der Waals surface area contributed by atoms with E-state index in [1.807, 2.05) is 6.08 Å². The SMILES string of the molecule is O=C1CCC2=C1C(Cl)=CCC2. The summed E-state index contributed by atoms with van der Waals surface area (Å²) in [7, 11) is 0. The van der Waals surface area contributed by atoms with Gasteiger partial charge in [0.1, 0.15) is 0 Å². The maximum atomic E-state index is 11.2. The summed E-state index contributed by atoms with van der Waals surface area (Å²) in [6.45, 7) is 0. The summed E-state index contributed by atoms with van der Waals surface area (Å²) in [6, 6.07) is 0. The highest BCUT2D eigenvalue weighted by Crippen LogP contribution is 2.36. The van der Waals surface area contributed by atoms with Crippen LogP contribution in [0.2, 0.25) is 0 Å². The van der Waals surface area contributed by atoms with E-state index in [0.29, 0.717) is 11.5 Å². The maximum Gasteiger partial charge on any atom is 0.164 e. The van der Waals surface area contributed by atoms with Crippen molar-refractivity contribution < 1.29 is 4.79 Å². The largest absolute Gasteiger partial charge is 0.294 e. The molecule has 0 saturated carbocycles. The molecule has 0 spiro atoms. The van der Waals surface area contributed by atoms with Crippen molar-refractivity contribution in [3.63, 3.8) is 0 Å². The second-order valence-corrected chi connectivity index (χ2v) is 3.40. The first-order chi connectivity index (χ1) is 5.29. The molecule has 2 rings (SSSR count). The van der Waals surface area contributed by atoms with Gasteiger partial charge < -0.3 is 0 Å². The molecular weight excluding hydrogens is 160 g/mol. The minimum Gasteiger partial charge on any atom is -0.294 e. The molecule has 0 saturated heterocycles. The van der Waals surface area contributed by atoms with Crippen LogP contribution in [0.15, 0.2) is 22.3 Å². The Kier molecular flexibility index (Phi) is 1.61. The summed E-state index contributed by atoms with van der Waals surface area (Å²) in [5.41, 5.74) is 2.11. The predicted molar refractivity (Wildman–Crippen MR) is 44.4 cm³/mol. The second-order valence-electron chi connectivity index (χ2n) is 2.99.